The highest BCUT2D eigenvalue weighted by atomic mass is 32.1. The molecule has 2 aromatic heterocycles. The molecule has 0 saturated heterocycles. The molecule has 6 heteroatoms. The van der Waals surface area contributed by atoms with Crippen LogP contribution in [0.2, 0.25) is 0 Å². The number of carbonyl (C=O) groups is 1. The Balaban J connectivity index is 1.57. The van der Waals surface area contributed by atoms with Crippen LogP contribution in [-0.2, 0) is 11.2 Å². The van der Waals surface area contributed by atoms with E-state index >= 15 is 0 Å². The van der Waals surface area contributed by atoms with Crippen molar-refractivity contribution < 1.29 is 4.79 Å². The molecule has 5 nitrogen and oxygen atoms in total. The zero-order valence-corrected chi connectivity index (χ0v) is 13.4. The van der Waals surface area contributed by atoms with E-state index < -0.39 is 0 Å². The number of para-hydroxylation sites is 1. The first-order chi connectivity index (χ1) is 10.6. The van der Waals surface area contributed by atoms with Crippen LogP contribution in [0.5, 0.6) is 0 Å². The Kier molecular flexibility index (Phi) is 4.20. The third-order valence-electron chi connectivity index (χ3n) is 3.44. The second-order valence-electron chi connectivity index (χ2n) is 5.44. The minimum atomic E-state index is -0.0144. The molecule has 3 aromatic rings. The molecular weight excluding hydrogens is 296 g/mol. The fourth-order valence-electron chi connectivity index (χ4n) is 2.25. The van der Waals surface area contributed by atoms with Crippen molar-refractivity contribution in [3.8, 4) is 0 Å². The van der Waals surface area contributed by atoms with Gasteiger partial charge in [-0.1, -0.05) is 19.1 Å². The Morgan fingerprint density at radius 2 is 2.23 bits per heavy atom. The number of aromatic amines is 1. The average Bonchev–Trinajstić information content (AvgIpc) is 3.10. The molecule has 0 aliphatic heterocycles. The topological polar surface area (TPSA) is 70.7 Å². The van der Waals surface area contributed by atoms with E-state index in [1.807, 2.05) is 31.2 Å². The smallest absolute Gasteiger partial charge is 0.226 e. The minimum Gasteiger partial charge on any atom is -0.355 e. The molecule has 3 rings (SSSR count). The zero-order valence-electron chi connectivity index (χ0n) is 12.6. The zero-order chi connectivity index (χ0) is 15.5. The number of fused-ring (bicyclic) bond motifs is 1. The summed E-state index contributed by atoms with van der Waals surface area (Å²) in [6, 6.07) is 9.98. The highest BCUT2D eigenvalue weighted by Gasteiger charge is 2.13. The number of hydrogen-bond donors (Lipinski definition) is 2. The van der Waals surface area contributed by atoms with Gasteiger partial charge in [-0.15, -0.1) is 11.3 Å². The molecule has 0 bridgehead atoms. The van der Waals surface area contributed by atoms with Crippen LogP contribution in [0.3, 0.4) is 0 Å². The molecule has 0 radical (unpaired) electrons. The predicted molar refractivity (Wildman–Crippen MR) is 88.1 cm³/mol. The number of nitrogens with zero attached hydrogens (tertiary/aromatic N) is 2. The first kappa shape index (κ1) is 14.7. The fourth-order valence-corrected chi connectivity index (χ4v) is 3.27. The Labute approximate surface area is 132 Å². The van der Waals surface area contributed by atoms with Crippen LogP contribution in [0.15, 0.2) is 30.3 Å². The van der Waals surface area contributed by atoms with Crippen molar-refractivity contribution >= 4 is 27.5 Å². The Hall–Kier alpha value is -2.21. The molecule has 114 valence electrons. The lowest BCUT2D eigenvalue weighted by Crippen LogP contribution is -2.29. The van der Waals surface area contributed by atoms with Crippen molar-refractivity contribution in [1.82, 2.24) is 20.5 Å². The third kappa shape index (κ3) is 3.33. The lowest BCUT2D eigenvalue weighted by Gasteiger charge is -2.09. The number of amides is 1. The minimum absolute atomic E-state index is 0.0144. The van der Waals surface area contributed by atoms with Gasteiger partial charge in [-0.3, -0.25) is 9.89 Å². The van der Waals surface area contributed by atoms with Crippen molar-refractivity contribution in [2.24, 2.45) is 0 Å². The van der Waals surface area contributed by atoms with Gasteiger partial charge in [0.25, 0.3) is 0 Å². The Bertz CT molecular complexity index is 759. The molecular formula is C16H18N4OS. The normalized spacial score (nSPS) is 12.5. The van der Waals surface area contributed by atoms with Gasteiger partial charge in [-0.05, 0) is 25.1 Å². The summed E-state index contributed by atoms with van der Waals surface area (Å²) < 4.78 is 1.18. The van der Waals surface area contributed by atoms with Crippen LogP contribution < -0.4 is 5.32 Å². The summed E-state index contributed by atoms with van der Waals surface area (Å²) in [6.07, 6.45) is 0.302. The quantitative estimate of drug-likeness (QED) is 0.761. The molecule has 0 saturated carbocycles. The number of rotatable bonds is 5. The molecule has 1 aromatic carbocycles. The third-order valence-corrected chi connectivity index (χ3v) is 4.71. The van der Waals surface area contributed by atoms with Crippen molar-refractivity contribution in [2.75, 3.05) is 6.54 Å². The number of hydrogen-bond acceptors (Lipinski definition) is 4. The summed E-state index contributed by atoms with van der Waals surface area (Å²) >= 11 is 1.68. The van der Waals surface area contributed by atoms with E-state index in [1.165, 1.54) is 4.70 Å². The highest BCUT2D eigenvalue weighted by Crippen LogP contribution is 2.26. The van der Waals surface area contributed by atoms with E-state index in [9.17, 15) is 4.79 Å². The van der Waals surface area contributed by atoms with Gasteiger partial charge in [0.2, 0.25) is 5.91 Å². The van der Waals surface area contributed by atoms with Crippen LogP contribution in [0.1, 0.15) is 29.2 Å². The molecule has 1 amide bonds. The number of thiazole rings is 1. The first-order valence-corrected chi connectivity index (χ1v) is 8.06. The second kappa shape index (κ2) is 6.27. The number of aryl methyl sites for hydroxylation is 1. The molecule has 0 spiro atoms. The van der Waals surface area contributed by atoms with E-state index in [0.29, 0.717) is 13.0 Å². The van der Waals surface area contributed by atoms with Gasteiger partial charge < -0.3 is 5.32 Å². The molecule has 1 atom stereocenters. The van der Waals surface area contributed by atoms with E-state index in [-0.39, 0.29) is 11.8 Å². The van der Waals surface area contributed by atoms with Crippen molar-refractivity contribution in [3.63, 3.8) is 0 Å². The maximum Gasteiger partial charge on any atom is 0.226 e. The highest BCUT2D eigenvalue weighted by molar-refractivity contribution is 7.18. The fraction of sp³-hybridized carbons (Fsp3) is 0.312. The van der Waals surface area contributed by atoms with E-state index in [1.54, 1.807) is 11.3 Å². The second-order valence-corrected chi connectivity index (χ2v) is 6.51. The Morgan fingerprint density at radius 1 is 1.41 bits per heavy atom. The lowest BCUT2D eigenvalue weighted by atomic mass is 10.2. The van der Waals surface area contributed by atoms with Gasteiger partial charge in [-0.2, -0.15) is 5.10 Å². The summed E-state index contributed by atoms with van der Waals surface area (Å²) in [5.74, 6) is 0.182. The maximum atomic E-state index is 11.9. The first-order valence-electron chi connectivity index (χ1n) is 7.25. The van der Waals surface area contributed by atoms with Crippen molar-refractivity contribution in [3.05, 3.63) is 46.7 Å². The lowest BCUT2D eigenvalue weighted by molar-refractivity contribution is -0.120. The van der Waals surface area contributed by atoms with Gasteiger partial charge >= 0.3 is 0 Å². The van der Waals surface area contributed by atoms with Crippen LogP contribution in [0.4, 0.5) is 0 Å². The summed E-state index contributed by atoms with van der Waals surface area (Å²) in [5.41, 5.74) is 2.75. The standard InChI is InChI=1S/C16H18N4OS/c1-10(16-18-13-5-3-4-6-14(13)22-16)9-17-15(21)8-12-7-11(2)19-20-12/h3-7,10H,8-9H2,1-2H3,(H,17,21)(H,19,20)/t10-/m0/s1. The monoisotopic (exact) mass is 314 g/mol. The van der Waals surface area contributed by atoms with Crippen molar-refractivity contribution in [2.45, 2.75) is 26.2 Å². The van der Waals surface area contributed by atoms with Gasteiger partial charge in [-0.25, -0.2) is 4.98 Å². The number of benzene rings is 1. The van der Waals surface area contributed by atoms with E-state index in [0.717, 1.165) is 21.9 Å². The summed E-state index contributed by atoms with van der Waals surface area (Å²) in [7, 11) is 0. The summed E-state index contributed by atoms with van der Waals surface area (Å²) in [4.78, 5) is 16.6. The largest absolute Gasteiger partial charge is 0.355 e. The molecule has 22 heavy (non-hydrogen) atoms. The van der Waals surface area contributed by atoms with Gasteiger partial charge in [0, 0.05) is 18.2 Å². The van der Waals surface area contributed by atoms with Crippen LogP contribution in [0, 0.1) is 6.92 Å². The van der Waals surface area contributed by atoms with E-state index in [2.05, 4.69) is 33.5 Å². The van der Waals surface area contributed by atoms with Gasteiger partial charge in [0.05, 0.1) is 27.3 Å². The van der Waals surface area contributed by atoms with Crippen LogP contribution in [-0.4, -0.2) is 27.6 Å². The number of carbonyl (C=O) groups excluding carboxylic acids is 1. The number of H-pyrrole nitrogens is 1. The molecule has 0 aliphatic rings. The SMILES string of the molecule is Cc1cc(CC(=O)NC[C@H](C)c2nc3ccccc3s2)n[nH]1. The average molecular weight is 314 g/mol. The van der Waals surface area contributed by atoms with Crippen LogP contribution >= 0.6 is 11.3 Å². The molecule has 0 aliphatic carbocycles. The Morgan fingerprint density at radius 3 is 2.95 bits per heavy atom. The molecule has 2 N–H and O–H groups in total. The van der Waals surface area contributed by atoms with Crippen LogP contribution in [0.25, 0.3) is 10.2 Å². The number of nitrogens with one attached hydrogen (secondary N) is 2. The number of aromatic nitrogens is 3. The van der Waals surface area contributed by atoms with Gasteiger partial charge in [0.15, 0.2) is 0 Å². The maximum absolute atomic E-state index is 11.9. The van der Waals surface area contributed by atoms with E-state index in [4.69, 9.17) is 0 Å². The molecule has 0 fully saturated rings. The molecule has 2 heterocycles. The van der Waals surface area contributed by atoms with Crippen molar-refractivity contribution in [1.29, 1.82) is 0 Å². The van der Waals surface area contributed by atoms with Gasteiger partial charge in [0.1, 0.15) is 0 Å². The summed E-state index contributed by atoms with van der Waals surface area (Å²) in [6.45, 7) is 4.59. The predicted octanol–water partition coefficient (Wildman–Crippen LogP) is 2.79. The summed E-state index contributed by atoms with van der Waals surface area (Å²) in [5, 5.41) is 10.9. The molecule has 0 unspecified atom stereocenters.